The molecule has 0 saturated carbocycles. The lowest BCUT2D eigenvalue weighted by Crippen LogP contribution is -2.12. The third kappa shape index (κ3) is 3.50. The smallest absolute Gasteiger partial charge is 0.340 e. The summed E-state index contributed by atoms with van der Waals surface area (Å²) in [5.41, 5.74) is 4.16. The number of rotatable bonds is 6. The fourth-order valence-corrected chi connectivity index (χ4v) is 3.32. The zero-order valence-corrected chi connectivity index (χ0v) is 16.6. The highest BCUT2D eigenvalue weighted by atomic mass is 16.5. The van der Waals surface area contributed by atoms with Gasteiger partial charge in [0.15, 0.2) is 17.2 Å². The molecule has 6 nitrogen and oxygen atoms in total. The highest BCUT2D eigenvalue weighted by molar-refractivity contribution is 5.98. The van der Waals surface area contributed by atoms with Gasteiger partial charge in [0.05, 0.1) is 17.9 Å². The lowest BCUT2D eigenvalue weighted by molar-refractivity contribution is 0.0523. The van der Waals surface area contributed by atoms with E-state index in [2.05, 4.69) is 4.98 Å². The van der Waals surface area contributed by atoms with Crippen molar-refractivity contribution in [1.82, 2.24) is 9.38 Å². The number of nitrogens with zero attached hydrogens (tertiary/aromatic N) is 2. The summed E-state index contributed by atoms with van der Waals surface area (Å²) in [7, 11) is 0. The number of aryl methyl sites for hydroxylation is 3. The molecule has 0 saturated heterocycles. The van der Waals surface area contributed by atoms with Gasteiger partial charge in [-0.15, -0.1) is 0 Å². The van der Waals surface area contributed by atoms with Crippen LogP contribution in [-0.4, -0.2) is 32.9 Å². The van der Waals surface area contributed by atoms with Crippen LogP contribution in [0.2, 0.25) is 0 Å². The maximum Gasteiger partial charge on any atom is 0.340 e. The van der Waals surface area contributed by atoms with Gasteiger partial charge in [-0.1, -0.05) is 24.3 Å². The Morgan fingerprint density at radius 3 is 2.54 bits per heavy atom. The van der Waals surface area contributed by atoms with Crippen molar-refractivity contribution in [3.05, 3.63) is 64.1 Å². The number of benzene rings is 1. The molecule has 0 fully saturated rings. The van der Waals surface area contributed by atoms with Gasteiger partial charge >= 0.3 is 5.97 Å². The molecule has 6 heteroatoms. The first-order valence-corrected chi connectivity index (χ1v) is 9.31. The van der Waals surface area contributed by atoms with E-state index in [-0.39, 0.29) is 36.5 Å². The van der Waals surface area contributed by atoms with Gasteiger partial charge in [-0.25, -0.2) is 9.78 Å². The Morgan fingerprint density at radius 2 is 1.86 bits per heavy atom. The van der Waals surface area contributed by atoms with Crippen LogP contribution >= 0.6 is 0 Å². The van der Waals surface area contributed by atoms with E-state index in [0.717, 1.165) is 17.0 Å². The van der Waals surface area contributed by atoms with Crippen LogP contribution in [0.5, 0.6) is 5.75 Å². The van der Waals surface area contributed by atoms with E-state index in [4.69, 9.17) is 4.74 Å². The molecule has 0 unspecified atom stereocenters. The minimum absolute atomic E-state index is 0.0390. The molecule has 0 spiro atoms. The molecule has 0 aliphatic rings. The second kappa shape index (κ2) is 7.84. The van der Waals surface area contributed by atoms with Gasteiger partial charge in [-0.05, 0) is 39.7 Å². The van der Waals surface area contributed by atoms with Crippen LogP contribution in [-0.2, 0) is 11.2 Å². The highest BCUT2D eigenvalue weighted by Gasteiger charge is 2.23. The molecular weight excluding hydrogens is 356 g/mol. The molecule has 3 rings (SSSR count). The second-order valence-corrected chi connectivity index (χ2v) is 6.80. The van der Waals surface area contributed by atoms with Crippen molar-refractivity contribution < 1.29 is 19.4 Å². The Morgan fingerprint density at radius 1 is 1.14 bits per heavy atom. The molecule has 1 N–H and O–H groups in total. The monoisotopic (exact) mass is 380 g/mol. The second-order valence-electron chi connectivity index (χ2n) is 6.80. The lowest BCUT2D eigenvalue weighted by atomic mass is 9.97. The molecule has 0 radical (unpaired) electrons. The van der Waals surface area contributed by atoms with Gasteiger partial charge in [-0.3, -0.25) is 4.79 Å². The third-order valence-corrected chi connectivity index (χ3v) is 5.01. The summed E-state index contributed by atoms with van der Waals surface area (Å²) in [5.74, 6) is -0.647. The Hall–Kier alpha value is -3.15. The number of fused-ring (bicyclic) bond motifs is 1. The number of pyridine rings is 1. The zero-order valence-electron chi connectivity index (χ0n) is 16.6. The molecule has 3 aromatic rings. The van der Waals surface area contributed by atoms with E-state index in [9.17, 15) is 14.7 Å². The molecule has 146 valence electrons. The number of imidazole rings is 1. The van der Waals surface area contributed by atoms with Crippen LogP contribution in [0.1, 0.15) is 56.6 Å². The molecule has 0 bridgehead atoms. The van der Waals surface area contributed by atoms with Gasteiger partial charge in [0, 0.05) is 29.4 Å². The number of aromatic hydroxyl groups is 1. The average Bonchev–Trinajstić information content (AvgIpc) is 2.96. The molecular formula is C22H24N2O4. The van der Waals surface area contributed by atoms with E-state index in [1.54, 1.807) is 23.6 Å². The lowest BCUT2D eigenvalue weighted by Gasteiger charge is -2.13. The highest BCUT2D eigenvalue weighted by Crippen LogP contribution is 2.30. The number of Topliss-reactive ketones (excluding diaryl/α,β-unsaturated/α-hetero) is 1. The van der Waals surface area contributed by atoms with Crippen LogP contribution in [0.4, 0.5) is 0 Å². The summed E-state index contributed by atoms with van der Waals surface area (Å²) in [6.45, 7) is 7.54. The van der Waals surface area contributed by atoms with Crippen molar-refractivity contribution in [1.29, 1.82) is 0 Å². The molecule has 0 amide bonds. The topological polar surface area (TPSA) is 80.9 Å². The SMILES string of the molecule is CCOC(=O)c1cn2c(C)c(C)nc2c(O)c1CCC(=O)c1ccccc1C. The molecule has 0 atom stereocenters. The number of aromatic nitrogens is 2. The van der Waals surface area contributed by atoms with Crippen molar-refractivity contribution in [2.24, 2.45) is 0 Å². The zero-order chi connectivity index (χ0) is 20.4. The van der Waals surface area contributed by atoms with Crippen LogP contribution in [0, 0.1) is 20.8 Å². The van der Waals surface area contributed by atoms with Crippen molar-refractivity contribution in [3.63, 3.8) is 0 Å². The number of carbonyl (C=O) groups excluding carboxylic acids is 2. The van der Waals surface area contributed by atoms with Crippen molar-refractivity contribution >= 4 is 17.4 Å². The number of ketones is 1. The number of hydrogen-bond donors (Lipinski definition) is 1. The molecule has 28 heavy (non-hydrogen) atoms. The summed E-state index contributed by atoms with van der Waals surface area (Å²) >= 11 is 0. The summed E-state index contributed by atoms with van der Waals surface area (Å²) in [4.78, 5) is 29.6. The van der Waals surface area contributed by atoms with Gasteiger partial charge in [0.2, 0.25) is 0 Å². The predicted molar refractivity (Wildman–Crippen MR) is 106 cm³/mol. The van der Waals surface area contributed by atoms with Crippen molar-refractivity contribution in [3.8, 4) is 5.75 Å². The summed E-state index contributed by atoms with van der Waals surface area (Å²) in [6.07, 6.45) is 2.02. The summed E-state index contributed by atoms with van der Waals surface area (Å²) in [6, 6.07) is 7.38. The van der Waals surface area contributed by atoms with Crippen LogP contribution in [0.25, 0.3) is 5.65 Å². The summed E-state index contributed by atoms with van der Waals surface area (Å²) in [5, 5.41) is 10.8. The Kier molecular flexibility index (Phi) is 5.49. The number of carbonyl (C=O) groups is 2. The number of hydrogen-bond acceptors (Lipinski definition) is 5. The molecule has 2 heterocycles. The Balaban J connectivity index is 2.02. The fraction of sp³-hybridized carbons (Fsp3) is 0.318. The van der Waals surface area contributed by atoms with E-state index >= 15 is 0 Å². The minimum Gasteiger partial charge on any atom is -0.504 e. The molecule has 0 aliphatic heterocycles. The standard InChI is InChI=1S/C22H24N2O4/c1-5-28-22(27)18-12-24-15(4)14(3)23-21(24)20(26)17(18)10-11-19(25)16-9-7-6-8-13(16)2/h6-9,12,26H,5,10-11H2,1-4H3. The largest absolute Gasteiger partial charge is 0.504 e. The minimum atomic E-state index is -0.524. The normalized spacial score (nSPS) is 11.0. The first-order chi connectivity index (χ1) is 13.3. The van der Waals surface area contributed by atoms with Crippen LogP contribution in [0.15, 0.2) is 30.5 Å². The Labute approximate surface area is 163 Å². The first kappa shape index (κ1) is 19.6. The van der Waals surface area contributed by atoms with E-state index in [0.29, 0.717) is 16.8 Å². The number of esters is 1. The maximum absolute atomic E-state index is 12.7. The predicted octanol–water partition coefficient (Wildman–Crippen LogP) is 3.96. The maximum atomic E-state index is 12.7. The quantitative estimate of drug-likeness (QED) is 0.517. The van der Waals surface area contributed by atoms with E-state index < -0.39 is 5.97 Å². The van der Waals surface area contributed by atoms with Gasteiger partial charge in [0.25, 0.3) is 0 Å². The van der Waals surface area contributed by atoms with Gasteiger partial charge in [0.1, 0.15) is 0 Å². The Bertz CT molecular complexity index is 1070. The van der Waals surface area contributed by atoms with E-state index in [1.807, 2.05) is 39.0 Å². The first-order valence-electron chi connectivity index (χ1n) is 9.31. The average molecular weight is 380 g/mol. The number of ether oxygens (including phenoxy) is 1. The van der Waals surface area contributed by atoms with Gasteiger partial charge in [-0.2, -0.15) is 0 Å². The fourth-order valence-electron chi connectivity index (χ4n) is 3.32. The molecule has 2 aromatic heterocycles. The van der Waals surface area contributed by atoms with Crippen molar-refractivity contribution in [2.45, 2.75) is 40.5 Å². The molecule has 1 aromatic carbocycles. The summed E-state index contributed by atoms with van der Waals surface area (Å²) < 4.78 is 6.85. The van der Waals surface area contributed by atoms with Crippen molar-refractivity contribution in [2.75, 3.05) is 6.61 Å². The van der Waals surface area contributed by atoms with Crippen LogP contribution < -0.4 is 0 Å². The third-order valence-electron chi connectivity index (χ3n) is 5.01. The molecule has 0 aliphatic carbocycles. The van der Waals surface area contributed by atoms with Crippen LogP contribution in [0.3, 0.4) is 0 Å². The van der Waals surface area contributed by atoms with E-state index in [1.165, 1.54) is 0 Å². The van der Waals surface area contributed by atoms with Gasteiger partial charge < -0.3 is 14.2 Å².